The number of nitrogens with zero attached hydrogens (tertiary/aromatic N) is 1. The van der Waals surface area contributed by atoms with Crippen LogP contribution in [0.15, 0.2) is 36.4 Å². The van der Waals surface area contributed by atoms with Crippen LogP contribution in [0, 0.1) is 17.1 Å². The number of rotatable bonds is 6. The Morgan fingerprint density at radius 1 is 1.07 bits per heavy atom. The van der Waals surface area contributed by atoms with Crippen LogP contribution < -0.4 is 20.1 Å². The SMILES string of the molecule is COc1cc(C#N)ccc1OCC(=O)Nc1cc(F)ccc1NC(=O)OC(C)(C)C. The van der Waals surface area contributed by atoms with E-state index in [1.54, 1.807) is 20.8 Å². The number of amides is 2. The number of anilines is 2. The van der Waals surface area contributed by atoms with Crippen LogP contribution in [0.25, 0.3) is 0 Å². The molecule has 9 heteroatoms. The van der Waals surface area contributed by atoms with Crippen molar-refractivity contribution >= 4 is 23.4 Å². The number of ether oxygens (including phenoxy) is 3. The molecule has 0 radical (unpaired) electrons. The third-order valence-electron chi connectivity index (χ3n) is 3.54. The molecule has 2 aromatic rings. The number of hydrogen-bond acceptors (Lipinski definition) is 6. The summed E-state index contributed by atoms with van der Waals surface area (Å²) in [6.45, 7) is 4.70. The first-order chi connectivity index (χ1) is 14.1. The van der Waals surface area contributed by atoms with Crippen LogP contribution in [-0.2, 0) is 9.53 Å². The maximum absolute atomic E-state index is 13.7. The summed E-state index contributed by atoms with van der Waals surface area (Å²) in [7, 11) is 1.41. The van der Waals surface area contributed by atoms with Gasteiger partial charge in [0.2, 0.25) is 0 Å². The van der Waals surface area contributed by atoms with Gasteiger partial charge >= 0.3 is 6.09 Å². The highest BCUT2D eigenvalue weighted by Crippen LogP contribution is 2.28. The molecule has 2 rings (SSSR count). The average molecular weight is 415 g/mol. The molecule has 0 aliphatic rings. The van der Waals surface area contributed by atoms with Crippen LogP contribution >= 0.6 is 0 Å². The molecule has 0 aliphatic carbocycles. The quantitative estimate of drug-likeness (QED) is 0.736. The Labute approximate surface area is 173 Å². The van der Waals surface area contributed by atoms with Gasteiger partial charge in [0, 0.05) is 6.07 Å². The molecule has 0 fully saturated rings. The van der Waals surface area contributed by atoms with Crippen molar-refractivity contribution < 1.29 is 28.2 Å². The second-order valence-electron chi connectivity index (χ2n) is 7.13. The first-order valence-corrected chi connectivity index (χ1v) is 8.91. The largest absolute Gasteiger partial charge is 0.493 e. The first kappa shape index (κ1) is 22.5. The number of methoxy groups -OCH3 is 1. The summed E-state index contributed by atoms with van der Waals surface area (Å²) >= 11 is 0. The monoisotopic (exact) mass is 415 g/mol. The van der Waals surface area contributed by atoms with Crippen molar-refractivity contribution in [1.82, 2.24) is 0 Å². The topological polar surface area (TPSA) is 110 Å². The number of hydrogen-bond donors (Lipinski definition) is 2. The average Bonchev–Trinajstić information content (AvgIpc) is 2.66. The number of benzene rings is 2. The zero-order valence-electron chi connectivity index (χ0n) is 17.0. The van der Waals surface area contributed by atoms with E-state index >= 15 is 0 Å². The van der Waals surface area contributed by atoms with Gasteiger partial charge in [-0.3, -0.25) is 10.1 Å². The summed E-state index contributed by atoms with van der Waals surface area (Å²) in [4.78, 5) is 24.3. The van der Waals surface area contributed by atoms with E-state index in [-0.39, 0.29) is 17.1 Å². The number of nitriles is 1. The van der Waals surface area contributed by atoms with E-state index in [0.29, 0.717) is 11.3 Å². The fourth-order valence-electron chi connectivity index (χ4n) is 2.33. The number of carbonyl (C=O) groups is 2. The molecule has 158 valence electrons. The molecule has 2 aromatic carbocycles. The van der Waals surface area contributed by atoms with Crippen molar-refractivity contribution in [3.8, 4) is 17.6 Å². The molecule has 30 heavy (non-hydrogen) atoms. The van der Waals surface area contributed by atoms with E-state index in [1.165, 1.54) is 31.4 Å². The molecule has 8 nitrogen and oxygen atoms in total. The summed E-state index contributed by atoms with van der Waals surface area (Å²) in [5.74, 6) is -0.646. The van der Waals surface area contributed by atoms with Crippen molar-refractivity contribution in [3.05, 3.63) is 47.8 Å². The third kappa shape index (κ3) is 6.67. The summed E-state index contributed by atoms with van der Waals surface area (Å²) in [5, 5.41) is 13.9. The summed E-state index contributed by atoms with van der Waals surface area (Å²) in [6, 6.07) is 9.98. The van der Waals surface area contributed by atoms with Gasteiger partial charge in [-0.25, -0.2) is 9.18 Å². The van der Waals surface area contributed by atoms with E-state index in [4.69, 9.17) is 19.5 Å². The molecule has 0 saturated carbocycles. The lowest BCUT2D eigenvalue weighted by Gasteiger charge is -2.20. The Morgan fingerprint density at radius 2 is 1.80 bits per heavy atom. The number of halogens is 1. The first-order valence-electron chi connectivity index (χ1n) is 8.91. The van der Waals surface area contributed by atoms with Gasteiger partial charge in [-0.1, -0.05) is 0 Å². The molecule has 0 heterocycles. The van der Waals surface area contributed by atoms with Gasteiger partial charge in [-0.2, -0.15) is 5.26 Å². The number of carbonyl (C=O) groups excluding carboxylic acids is 2. The summed E-state index contributed by atoms with van der Waals surface area (Å²) in [6.07, 6.45) is -0.747. The van der Waals surface area contributed by atoms with Gasteiger partial charge in [0.15, 0.2) is 18.1 Å². The standard InChI is InChI=1S/C21H22FN3O5/c1-21(2,3)30-20(27)25-15-7-6-14(22)10-16(15)24-19(26)12-29-17-8-5-13(11-23)9-18(17)28-4/h5-10H,12H2,1-4H3,(H,24,26)(H,25,27). The van der Waals surface area contributed by atoms with Crippen LogP contribution in [0.3, 0.4) is 0 Å². The van der Waals surface area contributed by atoms with Crippen molar-refractivity contribution in [3.63, 3.8) is 0 Å². The van der Waals surface area contributed by atoms with Gasteiger partial charge in [-0.15, -0.1) is 0 Å². The van der Waals surface area contributed by atoms with Gasteiger partial charge in [0.05, 0.1) is 30.1 Å². The van der Waals surface area contributed by atoms with E-state index in [2.05, 4.69) is 10.6 Å². The predicted molar refractivity (Wildman–Crippen MR) is 108 cm³/mol. The van der Waals surface area contributed by atoms with Crippen LogP contribution in [0.2, 0.25) is 0 Å². The lowest BCUT2D eigenvalue weighted by Crippen LogP contribution is -2.28. The maximum atomic E-state index is 13.7. The van der Waals surface area contributed by atoms with E-state index in [0.717, 1.165) is 12.1 Å². The molecular weight excluding hydrogens is 393 g/mol. The molecule has 0 unspecified atom stereocenters. The van der Waals surface area contributed by atoms with E-state index in [9.17, 15) is 14.0 Å². The van der Waals surface area contributed by atoms with Crippen molar-refractivity contribution in [2.45, 2.75) is 26.4 Å². The van der Waals surface area contributed by atoms with Gasteiger partial charge in [0.1, 0.15) is 11.4 Å². The van der Waals surface area contributed by atoms with Crippen LogP contribution in [0.4, 0.5) is 20.6 Å². The van der Waals surface area contributed by atoms with E-state index in [1.807, 2.05) is 6.07 Å². The highest BCUT2D eigenvalue weighted by Gasteiger charge is 2.18. The molecule has 0 aromatic heterocycles. The Bertz CT molecular complexity index is 980. The normalized spacial score (nSPS) is 10.5. The Kier molecular flexibility index (Phi) is 7.20. The Hall–Kier alpha value is -3.80. The zero-order valence-corrected chi connectivity index (χ0v) is 17.0. The molecule has 0 aliphatic heterocycles. The summed E-state index contributed by atoms with van der Waals surface area (Å²) < 4.78 is 29.4. The minimum absolute atomic E-state index is 0.0428. The highest BCUT2D eigenvalue weighted by atomic mass is 19.1. The van der Waals surface area contributed by atoms with Crippen molar-refractivity contribution in [2.24, 2.45) is 0 Å². The second-order valence-corrected chi connectivity index (χ2v) is 7.13. The smallest absolute Gasteiger partial charge is 0.412 e. The van der Waals surface area contributed by atoms with Crippen LogP contribution in [0.1, 0.15) is 26.3 Å². The summed E-state index contributed by atoms with van der Waals surface area (Å²) in [5.41, 5.74) is -0.140. The van der Waals surface area contributed by atoms with Crippen molar-refractivity contribution in [2.75, 3.05) is 24.4 Å². The Morgan fingerprint density at radius 3 is 2.43 bits per heavy atom. The lowest BCUT2D eigenvalue weighted by molar-refractivity contribution is -0.118. The third-order valence-corrected chi connectivity index (χ3v) is 3.54. The van der Waals surface area contributed by atoms with Gasteiger partial charge in [-0.05, 0) is 51.1 Å². The predicted octanol–water partition coefficient (Wildman–Crippen LogP) is 4.07. The van der Waals surface area contributed by atoms with Crippen LogP contribution in [-0.4, -0.2) is 31.3 Å². The van der Waals surface area contributed by atoms with Crippen LogP contribution in [0.5, 0.6) is 11.5 Å². The molecule has 0 bridgehead atoms. The van der Waals surface area contributed by atoms with Gasteiger partial charge < -0.3 is 19.5 Å². The molecule has 2 N–H and O–H groups in total. The zero-order chi connectivity index (χ0) is 22.3. The fourth-order valence-corrected chi connectivity index (χ4v) is 2.33. The highest BCUT2D eigenvalue weighted by molar-refractivity contribution is 5.98. The molecular formula is C21H22FN3O5. The molecule has 0 spiro atoms. The maximum Gasteiger partial charge on any atom is 0.412 e. The number of nitrogens with one attached hydrogen (secondary N) is 2. The Balaban J connectivity index is 2.07. The fraction of sp³-hybridized carbons (Fsp3) is 0.286. The molecule has 2 amide bonds. The minimum Gasteiger partial charge on any atom is -0.493 e. The molecule has 0 atom stereocenters. The molecule has 0 saturated heterocycles. The lowest BCUT2D eigenvalue weighted by atomic mass is 10.2. The van der Waals surface area contributed by atoms with Crippen molar-refractivity contribution in [1.29, 1.82) is 5.26 Å². The second kappa shape index (κ2) is 9.60. The van der Waals surface area contributed by atoms with Gasteiger partial charge in [0.25, 0.3) is 5.91 Å². The minimum atomic E-state index is -0.747. The van der Waals surface area contributed by atoms with E-state index < -0.39 is 30.0 Å².